The molecule has 1 atom stereocenters. The topological polar surface area (TPSA) is 142 Å². The molecule has 10 nitrogen and oxygen atoms in total. The minimum Gasteiger partial charge on any atom is -0.490 e. The van der Waals surface area contributed by atoms with E-state index in [-0.39, 0.29) is 30.5 Å². The number of carboxylic acid groups (broad SMARTS) is 1. The average molecular weight is 530 g/mol. The van der Waals surface area contributed by atoms with E-state index in [0.717, 1.165) is 29.5 Å². The van der Waals surface area contributed by atoms with Gasteiger partial charge in [0.25, 0.3) is 5.89 Å². The molecule has 2 amide bonds. The van der Waals surface area contributed by atoms with Gasteiger partial charge in [-0.25, -0.2) is 4.79 Å². The molecular weight excluding hydrogens is 498 g/mol. The Balaban J connectivity index is 1.29. The lowest BCUT2D eigenvalue weighted by atomic mass is 9.94. The van der Waals surface area contributed by atoms with Gasteiger partial charge in [-0.2, -0.15) is 10.2 Å². The number of benzene rings is 2. The second-order valence-electron chi connectivity index (χ2n) is 10.4. The van der Waals surface area contributed by atoms with E-state index < -0.39 is 5.97 Å². The number of aromatic nitrogens is 2. The van der Waals surface area contributed by atoms with Crippen LogP contribution in [0.4, 0.5) is 4.79 Å². The van der Waals surface area contributed by atoms with Crippen LogP contribution >= 0.6 is 0 Å². The third-order valence-corrected chi connectivity index (χ3v) is 7.31. The van der Waals surface area contributed by atoms with Gasteiger partial charge in [-0.3, -0.25) is 4.79 Å². The first-order chi connectivity index (χ1) is 18.8. The second-order valence-corrected chi connectivity index (χ2v) is 10.4. The standard InChI is InChI=1S/C29H31N5O5/c1-17(2)38-25-9-6-19(15-20(25)16-30)28-32-27(33-39-28)23-5-3-4-22-21(23)7-8-24(22)31-29(37)34-12-10-18(11-13-34)14-26(35)36/h3-6,9,15,17-18,24H,7-8,10-14H2,1-2H3,(H,31,37)(H,35,36). The summed E-state index contributed by atoms with van der Waals surface area (Å²) in [6, 6.07) is 13.0. The summed E-state index contributed by atoms with van der Waals surface area (Å²) < 4.78 is 11.3. The lowest BCUT2D eigenvalue weighted by Gasteiger charge is -2.32. The first-order valence-corrected chi connectivity index (χ1v) is 13.3. The third kappa shape index (κ3) is 5.72. The second kappa shape index (κ2) is 11.2. The summed E-state index contributed by atoms with van der Waals surface area (Å²) in [5.74, 6) is 0.610. The van der Waals surface area contributed by atoms with Crippen molar-refractivity contribution in [1.29, 1.82) is 5.26 Å². The van der Waals surface area contributed by atoms with E-state index >= 15 is 0 Å². The molecule has 2 aromatic carbocycles. The fraction of sp³-hybridized carbons (Fsp3) is 0.414. The van der Waals surface area contributed by atoms with Crippen LogP contribution < -0.4 is 10.1 Å². The highest BCUT2D eigenvalue weighted by atomic mass is 16.5. The van der Waals surface area contributed by atoms with Gasteiger partial charge in [0.1, 0.15) is 11.8 Å². The number of hydrogen-bond acceptors (Lipinski definition) is 7. The Kier molecular flexibility index (Phi) is 7.50. The van der Waals surface area contributed by atoms with Gasteiger partial charge >= 0.3 is 12.0 Å². The molecule has 202 valence electrons. The van der Waals surface area contributed by atoms with Crippen LogP contribution in [0.5, 0.6) is 5.75 Å². The molecule has 10 heteroatoms. The molecular formula is C29H31N5O5. The third-order valence-electron chi connectivity index (χ3n) is 7.31. The number of rotatable bonds is 7. The number of likely N-dealkylation sites (tertiary alicyclic amines) is 1. The molecule has 0 spiro atoms. The van der Waals surface area contributed by atoms with Crippen LogP contribution in [0.25, 0.3) is 22.8 Å². The summed E-state index contributed by atoms with van der Waals surface area (Å²) >= 11 is 0. The Morgan fingerprint density at radius 3 is 2.74 bits per heavy atom. The number of fused-ring (bicyclic) bond motifs is 1. The molecule has 2 heterocycles. The van der Waals surface area contributed by atoms with Gasteiger partial charge in [-0.05, 0) is 74.8 Å². The zero-order valence-electron chi connectivity index (χ0n) is 22.0. The van der Waals surface area contributed by atoms with Crippen LogP contribution in [0.15, 0.2) is 40.9 Å². The molecule has 3 aromatic rings. The Morgan fingerprint density at radius 2 is 2.03 bits per heavy atom. The van der Waals surface area contributed by atoms with Gasteiger partial charge in [-0.15, -0.1) is 0 Å². The number of nitrogens with zero attached hydrogens (tertiary/aromatic N) is 4. The maximum absolute atomic E-state index is 13.0. The van der Waals surface area contributed by atoms with Crippen LogP contribution in [0.1, 0.15) is 62.3 Å². The molecule has 5 rings (SSSR count). The average Bonchev–Trinajstić information content (AvgIpc) is 3.56. The number of nitriles is 1. The molecule has 2 aliphatic rings. The van der Waals surface area contributed by atoms with Crippen LogP contribution in [0.2, 0.25) is 0 Å². The Bertz CT molecular complexity index is 1420. The molecule has 1 aromatic heterocycles. The van der Waals surface area contributed by atoms with Crippen molar-refractivity contribution in [3.63, 3.8) is 0 Å². The van der Waals surface area contributed by atoms with E-state index in [4.69, 9.17) is 14.4 Å². The number of nitrogens with one attached hydrogen (secondary N) is 1. The summed E-state index contributed by atoms with van der Waals surface area (Å²) in [5.41, 5.74) is 4.00. The van der Waals surface area contributed by atoms with Crippen LogP contribution in [-0.2, 0) is 11.2 Å². The Morgan fingerprint density at radius 1 is 1.23 bits per heavy atom. The fourth-order valence-electron chi connectivity index (χ4n) is 5.40. The summed E-state index contributed by atoms with van der Waals surface area (Å²) in [4.78, 5) is 30.3. The van der Waals surface area contributed by atoms with Crippen LogP contribution in [-0.4, -0.2) is 51.3 Å². The summed E-state index contributed by atoms with van der Waals surface area (Å²) in [5, 5.41) is 26.0. The van der Waals surface area contributed by atoms with E-state index in [9.17, 15) is 14.9 Å². The quantitative estimate of drug-likeness (QED) is 0.438. The molecule has 1 fully saturated rings. The SMILES string of the molecule is CC(C)Oc1ccc(-c2nc(-c3cccc4c3CCC4NC(=O)N3CCC(CC(=O)O)CC3)no2)cc1C#N. The molecule has 1 saturated heterocycles. The lowest BCUT2D eigenvalue weighted by Crippen LogP contribution is -2.45. The van der Waals surface area contributed by atoms with Gasteiger partial charge in [0.05, 0.1) is 17.7 Å². The summed E-state index contributed by atoms with van der Waals surface area (Å²) in [6.45, 7) is 4.93. The molecule has 0 radical (unpaired) electrons. The first-order valence-electron chi connectivity index (χ1n) is 13.3. The van der Waals surface area contributed by atoms with E-state index in [1.54, 1.807) is 23.1 Å². The number of amides is 2. The van der Waals surface area contributed by atoms with Crippen molar-refractivity contribution in [3.8, 4) is 34.7 Å². The summed E-state index contributed by atoms with van der Waals surface area (Å²) in [6.07, 6.45) is 3.04. The zero-order chi connectivity index (χ0) is 27.5. The summed E-state index contributed by atoms with van der Waals surface area (Å²) in [7, 11) is 0. The fourth-order valence-corrected chi connectivity index (χ4v) is 5.40. The predicted molar refractivity (Wildman–Crippen MR) is 142 cm³/mol. The number of hydrogen-bond donors (Lipinski definition) is 2. The van der Waals surface area contributed by atoms with Crippen LogP contribution in [0.3, 0.4) is 0 Å². The number of piperidine rings is 1. The van der Waals surface area contributed by atoms with Gasteiger partial charge in [0.2, 0.25) is 5.82 Å². The lowest BCUT2D eigenvalue weighted by molar-refractivity contribution is -0.138. The van der Waals surface area contributed by atoms with Gasteiger partial charge in [-0.1, -0.05) is 23.4 Å². The van der Waals surface area contributed by atoms with Gasteiger partial charge in [0.15, 0.2) is 0 Å². The minimum atomic E-state index is -0.786. The van der Waals surface area contributed by atoms with Crippen molar-refractivity contribution in [2.45, 2.75) is 58.1 Å². The van der Waals surface area contributed by atoms with Crippen molar-refractivity contribution in [1.82, 2.24) is 20.4 Å². The first kappa shape index (κ1) is 26.2. The minimum absolute atomic E-state index is 0.0530. The number of aliphatic carboxylic acids is 1. The van der Waals surface area contributed by atoms with Crippen molar-refractivity contribution >= 4 is 12.0 Å². The van der Waals surface area contributed by atoms with E-state index in [1.807, 2.05) is 32.0 Å². The maximum Gasteiger partial charge on any atom is 0.317 e. The molecule has 39 heavy (non-hydrogen) atoms. The number of urea groups is 1. The van der Waals surface area contributed by atoms with Gasteiger partial charge < -0.3 is 24.6 Å². The zero-order valence-corrected chi connectivity index (χ0v) is 22.0. The van der Waals surface area contributed by atoms with Crippen molar-refractivity contribution in [2.24, 2.45) is 5.92 Å². The smallest absolute Gasteiger partial charge is 0.317 e. The number of carbonyl (C=O) groups is 2. The normalized spacial score (nSPS) is 17.1. The largest absolute Gasteiger partial charge is 0.490 e. The number of carboxylic acids is 1. The highest BCUT2D eigenvalue weighted by molar-refractivity contribution is 5.76. The van der Waals surface area contributed by atoms with Crippen molar-refractivity contribution in [3.05, 3.63) is 53.1 Å². The molecule has 1 aliphatic heterocycles. The maximum atomic E-state index is 13.0. The predicted octanol–water partition coefficient (Wildman–Crippen LogP) is 4.95. The molecule has 1 aliphatic carbocycles. The molecule has 0 saturated carbocycles. The van der Waals surface area contributed by atoms with Gasteiger partial charge in [0, 0.05) is 30.6 Å². The van der Waals surface area contributed by atoms with E-state index in [2.05, 4.69) is 21.5 Å². The number of ether oxygens (including phenoxy) is 1. The van der Waals surface area contributed by atoms with E-state index in [1.165, 1.54) is 0 Å². The van der Waals surface area contributed by atoms with Crippen LogP contribution in [0, 0.1) is 17.2 Å². The Hall–Kier alpha value is -4.39. The van der Waals surface area contributed by atoms with Crippen molar-refractivity contribution < 1.29 is 24.0 Å². The Labute approximate surface area is 226 Å². The molecule has 1 unspecified atom stereocenters. The highest BCUT2D eigenvalue weighted by Gasteiger charge is 2.30. The molecule has 2 N–H and O–H groups in total. The monoisotopic (exact) mass is 529 g/mol. The highest BCUT2D eigenvalue weighted by Crippen LogP contribution is 2.38. The molecule has 0 bridgehead atoms. The van der Waals surface area contributed by atoms with Crippen molar-refractivity contribution in [2.75, 3.05) is 13.1 Å². The number of carbonyl (C=O) groups excluding carboxylic acids is 1. The van der Waals surface area contributed by atoms with E-state index in [0.29, 0.717) is 54.5 Å².